The molecule has 168 valence electrons. The van der Waals surface area contributed by atoms with Crippen LogP contribution >= 0.6 is 0 Å². The van der Waals surface area contributed by atoms with Crippen LogP contribution in [0.4, 0.5) is 0 Å². The Balaban J connectivity index is 1.48. The molecule has 31 heavy (non-hydrogen) atoms. The van der Waals surface area contributed by atoms with Gasteiger partial charge in [-0.25, -0.2) is 0 Å². The predicted molar refractivity (Wildman–Crippen MR) is 125 cm³/mol. The van der Waals surface area contributed by atoms with E-state index in [1.807, 2.05) is 26.1 Å². The third kappa shape index (κ3) is 6.97. The molecule has 1 heterocycles. The maximum Gasteiger partial charge on any atom is 0.193 e. The fourth-order valence-corrected chi connectivity index (χ4v) is 3.90. The number of ether oxygens (including phenoxy) is 3. The fourth-order valence-electron chi connectivity index (χ4n) is 3.90. The summed E-state index contributed by atoms with van der Waals surface area (Å²) in [7, 11) is 3.55. The number of rotatable bonds is 10. The lowest BCUT2D eigenvalue weighted by molar-refractivity contribution is 0.0453. The zero-order valence-electron chi connectivity index (χ0n) is 19.0. The van der Waals surface area contributed by atoms with Gasteiger partial charge in [0.25, 0.3) is 0 Å². The molecule has 0 saturated carbocycles. The Morgan fingerprint density at radius 2 is 1.87 bits per heavy atom. The van der Waals surface area contributed by atoms with E-state index in [-0.39, 0.29) is 0 Å². The minimum atomic E-state index is 0.515. The quantitative estimate of drug-likeness (QED) is 0.356. The first-order valence-corrected chi connectivity index (χ1v) is 11.1. The highest BCUT2D eigenvalue weighted by molar-refractivity contribution is 5.80. The number of benzene rings is 2. The second-order valence-electron chi connectivity index (χ2n) is 7.68. The lowest BCUT2D eigenvalue weighted by Crippen LogP contribution is -2.39. The van der Waals surface area contributed by atoms with Crippen LogP contribution in [0, 0.1) is 0 Å². The Morgan fingerprint density at radius 1 is 1.10 bits per heavy atom. The molecule has 1 aliphatic heterocycles. The number of likely N-dealkylation sites (tertiary alicyclic amines) is 1. The minimum Gasteiger partial charge on any atom is -0.497 e. The van der Waals surface area contributed by atoms with Crippen molar-refractivity contribution in [2.24, 2.45) is 4.99 Å². The number of guanidine groups is 1. The Bertz CT molecular complexity index is 823. The van der Waals surface area contributed by atoms with Crippen LogP contribution in [0.15, 0.2) is 53.5 Å². The van der Waals surface area contributed by atoms with Crippen molar-refractivity contribution in [1.29, 1.82) is 0 Å². The van der Waals surface area contributed by atoms with Gasteiger partial charge in [0.1, 0.15) is 5.75 Å². The summed E-state index contributed by atoms with van der Waals surface area (Å²) in [4.78, 5) is 6.86. The molecule has 0 amide bonds. The topological polar surface area (TPSA) is 55.3 Å². The van der Waals surface area contributed by atoms with Crippen molar-refractivity contribution in [2.75, 3.05) is 47.1 Å². The Hall–Kier alpha value is -2.57. The molecular formula is C25H35N3O3. The number of aliphatic imine (C=N–C) groups is 1. The van der Waals surface area contributed by atoms with Gasteiger partial charge in [0.05, 0.1) is 26.9 Å². The number of hydrogen-bond acceptors (Lipinski definition) is 4. The van der Waals surface area contributed by atoms with Crippen LogP contribution in [-0.2, 0) is 22.6 Å². The standard InChI is InChI=1S/C25H35N3O3/c1-4-30-14-15-31-19-21-7-5-6-20(16-21)17-27-25(26-2)28-13-12-23(18-28)22-8-10-24(29-3)11-9-22/h5-11,16,23H,4,12-15,17-19H2,1-3H3,(H,26,27). The van der Waals surface area contributed by atoms with Crippen LogP contribution < -0.4 is 10.1 Å². The van der Waals surface area contributed by atoms with Gasteiger partial charge in [-0.2, -0.15) is 0 Å². The summed E-state index contributed by atoms with van der Waals surface area (Å²) in [5.74, 6) is 2.37. The van der Waals surface area contributed by atoms with Crippen LogP contribution in [-0.4, -0.2) is 57.9 Å². The molecule has 0 aromatic heterocycles. The summed E-state index contributed by atoms with van der Waals surface area (Å²) in [6, 6.07) is 16.9. The van der Waals surface area contributed by atoms with Crippen molar-refractivity contribution < 1.29 is 14.2 Å². The fraction of sp³-hybridized carbons (Fsp3) is 0.480. The van der Waals surface area contributed by atoms with E-state index in [0.717, 1.165) is 44.4 Å². The average Bonchev–Trinajstić information content (AvgIpc) is 3.30. The van der Waals surface area contributed by atoms with E-state index in [0.29, 0.717) is 25.7 Å². The zero-order chi connectivity index (χ0) is 21.9. The molecule has 0 spiro atoms. The highest BCUT2D eigenvalue weighted by Crippen LogP contribution is 2.28. The van der Waals surface area contributed by atoms with Crippen LogP contribution in [0.5, 0.6) is 5.75 Å². The highest BCUT2D eigenvalue weighted by Gasteiger charge is 2.26. The molecule has 1 aliphatic rings. The molecule has 1 unspecified atom stereocenters. The van der Waals surface area contributed by atoms with Crippen LogP contribution in [0.25, 0.3) is 0 Å². The molecule has 0 bridgehead atoms. The van der Waals surface area contributed by atoms with Gasteiger partial charge in [0, 0.05) is 39.2 Å². The van der Waals surface area contributed by atoms with Gasteiger partial charge in [-0.15, -0.1) is 0 Å². The number of hydrogen-bond donors (Lipinski definition) is 1. The first-order chi connectivity index (χ1) is 15.2. The summed E-state index contributed by atoms with van der Waals surface area (Å²) < 4.78 is 16.3. The molecule has 1 N–H and O–H groups in total. The summed E-state index contributed by atoms with van der Waals surface area (Å²) in [5.41, 5.74) is 3.75. The second-order valence-corrected chi connectivity index (χ2v) is 7.68. The van der Waals surface area contributed by atoms with E-state index in [1.165, 1.54) is 16.7 Å². The maximum atomic E-state index is 5.69. The average molecular weight is 426 g/mol. The van der Waals surface area contributed by atoms with E-state index in [9.17, 15) is 0 Å². The van der Waals surface area contributed by atoms with E-state index >= 15 is 0 Å². The van der Waals surface area contributed by atoms with Crippen LogP contribution in [0.3, 0.4) is 0 Å². The predicted octanol–water partition coefficient (Wildman–Crippen LogP) is 3.81. The van der Waals surface area contributed by atoms with E-state index in [2.05, 4.69) is 51.6 Å². The summed E-state index contributed by atoms with van der Waals surface area (Å²) >= 11 is 0. The molecule has 6 heteroatoms. The monoisotopic (exact) mass is 425 g/mol. The van der Waals surface area contributed by atoms with Crippen molar-refractivity contribution in [3.63, 3.8) is 0 Å². The Kier molecular flexibility index (Phi) is 9.18. The van der Waals surface area contributed by atoms with Crippen molar-refractivity contribution >= 4 is 5.96 Å². The third-order valence-electron chi connectivity index (χ3n) is 5.57. The molecule has 1 fully saturated rings. The molecule has 3 rings (SSSR count). The van der Waals surface area contributed by atoms with Crippen molar-refractivity contribution in [3.05, 3.63) is 65.2 Å². The van der Waals surface area contributed by atoms with E-state index in [1.54, 1.807) is 7.11 Å². The first kappa shape index (κ1) is 23.1. The zero-order valence-corrected chi connectivity index (χ0v) is 19.0. The SMILES string of the molecule is CCOCCOCc1cccc(CNC(=NC)N2CCC(c3ccc(OC)cc3)C2)c1. The van der Waals surface area contributed by atoms with Crippen LogP contribution in [0.2, 0.25) is 0 Å². The second kappa shape index (κ2) is 12.3. The summed E-state index contributed by atoms with van der Waals surface area (Å²) in [5, 5.41) is 3.52. The number of nitrogens with zero attached hydrogens (tertiary/aromatic N) is 2. The largest absolute Gasteiger partial charge is 0.497 e. The van der Waals surface area contributed by atoms with Crippen molar-refractivity contribution in [1.82, 2.24) is 10.2 Å². The third-order valence-corrected chi connectivity index (χ3v) is 5.57. The smallest absolute Gasteiger partial charge is 0.193 e. The molecular weight excluding hydrogens is 390 g/mol. The minimum absolute atomic E-state index is 0.515. The highest BCUT2D eigenvalue weighted by atomic mass is 16.5. The molecule has 1 saturated heterocycles. The van der Waals surface area contributed by atoms with Crippen LogP contribution in [0.1, 0.15) is 36.0 Å². The Morgan fingerprint density at radius 3 is 2.61 bits per heavy atom. The van der Waals surface area contributed by atoms with Gasteiger partial charge in [-0.05, 0) is 42.2 Å². The first-order valence-electron chi connectivity index (χ1n) is 11.1. The van der Waals surface area contributed by atoms with Gasteiger partial charge in [-0.3, -0.25) is 4.99 Å². The van der Waals surface area contributed by atoms with Gasteiger partial charge >= 0.3 is 0 Å². The summed E-state index contributed by atoms with van der Waals surface area (Å²) in [6.45, 7) is 7.29. The molecule has 2 aromatic rings. The van der Waals surface area contributed by atoms with E-state index in [4.69, 9.17) is 14.2 Å². The van der Waals surface area contributed by atoms with Gasteiger partial charge in [-0.1, -0.05) is 36.4 Å². The Labute approximate surface area is 186 Å². The molecule has 1 atom stereocenters. The molecule has 0 aliphatic carbocycles. The normalized spacial score (nSPS) is 16.5. The number of methoxy groups -OCH3 is 1. The molecule has 2 aromatic carbocycles. The van der Waals surface area contributed by atoms with Gasteiger partial charge < -0.3 is 24.4 Å². The lowest BCUT2D eigenvalue weighted by atomic mass is 9.98. The van der Waals surface area contributed by atoms with Crippen molar-refractivity contribution in [2.45, 2.75) is 32.4 Å². The van der Waals surface area contributed by atoms with Gasteiger partial charge in [0.2, 0.25) is 0 Å². The number of nitrogens with one attached hydrogen (secondary N) is 1. The summed E-state index contributed by atoms with van der Waals surface area (Å²) in [6.07, 6.45) is 1.13. The maximum absolute atomic E-state index is 5.69. The van der Waals surface area contributed by atoms with Gasteiger partial charge in [0.15, 0.2) is 5.96 Å². The van der Waals surface area contributed by atoms with Crippen molar-refractivity contribution in [3.8, 4) is 5.75 Å². The van der Waals surface area contributed by atoms with E-state index < -0.39 is 0 Å². The lowest BCUT2D eigenvalue weighted by Gasteiger charge is -2.22. The molecule has 6 nitrogen and oxygen atoms in total. The molecule has 0 radical (unpaired) electrons.